The Hall–Kier alpha value is -4.83. The van der Waals surface area contributed by atoms with Crippen LogP contribution in [-0.2, 0) is 37.3 Å². The predicted molar refractivity (Wildman–Crippen MR) is 260 cm³/mol. The van der Waals surface area contributed by atoms with Gasteiger partial charge in [-0.3, -0.25) is 4.79 Å². The standard InChI is InChI=1S/C56H73N3O/c1-51(2,3)37-19-23-43(24-20-37)58(46-29-39(53(7,8)9)27-40(30-46)54(10,11)12)48-33-45(57-36-50(57)60)34-49(35-48)59(44-25-21-38(22-26-44)52(4,5)6)47-31-41(55(13,14)15)28-42(32-47)56(16,17)18/h19-35H,36H2,1-18H3. The lowest BCUT2D eigenvalue weighted by Gasteiger charge is -2.34. The molecule has 318 valence electrons. The van der Waals surface area contributed by atoms with Gasteiger partial charge in [0.15, 0.2) is 0 Å². The number of hydrogen-bond donors (Lipinski definition) is 0. The molecule has 4 heteroatoms. The fourth-order valence-electron chi connectivity index (χ4n) is 7.66. The maximum Gasteiger partial charge on any atom is 0.247 e. The molecule has 0 aliphatic carbocycles. The third-order valence-corrected chi connectivity index (χ3v) is 12.0. The maximum atomic E-state index is 13.1. The molecule has 0 aromatic heterocycles. The van der Waals surface area contributed by atoms with Gasteiger partial charge in [0.05, 0.1) is 11.4 Å². The fourth-order valence-corrected chi connectivity index (χ4v) is 7.66. The molecule has 6 rings (SSSR count). The summed E-state index contributed by atoms with van der Waals surface area (Å²) in [6, 6.07) is 39.1. The van der Waals surface area contributed by atoms with Gasteiger partial charge in [-0.15, -0.1) is 0 Å². The fraction of sp³-hybridized carbons (Fsp3) is 0.446. The zero-order valence-electron chi connectivity index (χ0n) is 40.3. The average molecular weight is 804 g/mol. The molecule has 0 radical (unpaired) electrons. The third-order valence-electron chi connectivity index (χ3n) is 12.0. The molecule has 1 heterocycles. The van der Waals surface area contributed by atoms with E-state index >= 15 is 0 Å². The summed E-state index contributed by atoms with van der Waals surface area (Å²) in [7, 11) is 0. The summed E-state index contributed by atoms with van der Waals surface area (Å²) >= 11 is 0. The molecule has 0 atom stereocenters. The van der Waals surface area contributed by atoms with Crippen molar-refractivity contribution in [1.29, 1.82) is 0 Å². The lowest BCUT2D eigenvalue weighted by molar-refractivity contribution is -0.109. The zero-order chi connectivity index (χ0) is 44.5. The van der Waals surface area contributed by atoms with Crippen LogP contribution in [0.5, 0.6) is 0 Å². The second-order valence-corrected chi connectivity index (χ2v) is 23.5. The van der Waals surface area contributed by atoms with E-state index in [2.05, 4.69) is 238 Å². The van der Waals surface area contributed by atoms with Crippen LogP contribution in [0.4, 0.5) is 39.8 Å². The summed E-state index contributed by atoms with van der Waals surface area (Å²) in [4.78, 5) is 19.8. The Morgan fingerprint density at radius 3 is 0.817 bits per heavy atom. The van der Waals surface area contributed by atoms with Crippen molar-refractivity contribution < 1.29 is 4.79 Å². The van der Waals surface area contributed by atoms with Crippen molar-refractivity contribution in [2.75, 3.05) is 21.2 Å². The highest BCUT2D eigenvalue weighted by atomic mass is 16.2. The summed E-state index contributed by atoms with van der Waals surface area (Å²) < 4.78 is 0. The van der Waals surface area contributed by atoms with Crippen LogP contribution < -0.4 is 14.7 Å². The molecule has 1 amide bonds. The molecular formula is C56H73N3O. The Labute approximate surface area is 364 Å². The number of benzene rings is 5. The number of anilines is 7. The van der Waals surface area contributed by atoms with Gasteiger partial charge in [0, 0.05) is 28.4 Å². The van der Waals surface area contributed by atoms with Gasteiger partial charge in [0.2, 0.25) is 5.91 Å². The van der Waals surface area contributed by atoms with Crippen LogP contribution in [0.1, 0.15) is 158 Å². The van der Waals surface area contributed by atoms with E-state index in [0.717, 1.165) is 39.8 Å². The Balaban J connectivity index is 1.71. The highest BCUT2D eigenvalue weighted by Gasteiger charge is 2.34. The normalized spacial score (nSPS) is 14.1. The summed E-state index contributed by atoms with van der Waals surface area (Å²) in [6.45, 7) is 41.6. The Bertz CT molecular complexity index is 2140. The molecule has 4 nitrogen and oxygen atoms in total. The average Bonchev–Trinajstić information content (AvgIpc) is 3.86. The quantitative estimate of drug-likeness (QED) is 0.153. The number of carbonyl (C=O) groups is 1. The van der Waals surface area contributed by atoms with Crippen LogP contribution in [0.3, 0.4) is 0 Å². The zero-order valence-corrected chi connectivity index (χ0v) is 40.3. The minimum absolute atomic E-state index is 0.0121. The van der Waals surface area contributed by atoms with Gasteiger partial charge in [0.1, 0.15) is 6.54 Å². The molecule has 1 saturated heterocycles. The van der Waals surface area contributed by atoms with E-state index in [-0.39, 0.29) is 38.4 Å². The van der Waals surface area contributed by atoms with Gasteiger partial charge in [-0.1, -0.05) is 161 Å². The van der Waals surface area contributed by atoms with Crippen molar-refractivity contribution in [3.63, 3.8) is 0 Å². The van der Waals surface area contributed by atoms with Crippen molar-refractivity contribution in [2.24, 2.45) is 0 Å². The summed E-state index contributed by atoms with van der Waals surface area (Å²) in [5, 5.41) is 0. The van der Waals surface area contributed by atoms with E-state index in [1.54, 1.807) is 0 Å². The van der Waals surface area contributed by atoms with Crippen LogP contribution >= 0.6 is 0 Å². The molecule has 0 bridgehead atoms. The first-order chi connectivity index (χ1) is 27.4. The Morgan fingerprint density at radius 1 is 0.333 bits per heavy atom. The molecule has 1 aliphatic heterocycles. The Kier molecular flexibility index (Phi) is 11.4. The largest absolute Gasteiger partial charge is 0.310 e. The third kappa shape index (κ3) is 9.86. The van der Waals surface area contributed by atoms with Crippen molar-refractivity contribution >= 4 is 45.7 Å². The van der Waals surface area contributed by atoms with Crippen LogP contribution in [-0.4, -0.2) is 12.5 Å². The summed E-state index contributed by atoms with van der Waals surface area (Å²) in [5.41, 5.74) is 14.7. The van der Waals surface area contributed by atoms with E-state index in [1.807, 2.05) is 4.90 Å². The van der Waals surface area contributed by atoms with Crippen molar-refractivity contribution in [2.45, 2.75) is 157 Å². The molecule has 5 aromatic rings. The van der Waals surface area contributed by atoms with E-state index in [4.69, 9.17) is 0 Å². The number of nitrogens with zero attached hydrogens (tertiary/aromatic N) is 3. The first kappa shape index (κ1) is 44.7. The molecule has 0 N–H and O–H groups in total. The lowest BCUT2D eigenvalue weighted by atomic mass is 9.80. The molecule has 60 heavy (non-hydrogen) atoms. The van der Waals surface area contributed by atoms with Gasteiger partial charge < -0.3 is 14.7 Å². The van der Waals surface area contributed by atoms with E-state index < -0.39 is 0 Å². The highest BCUT2D eigenvalue weighted by Crippen LogP contribution is 2.47. The smallest absolute Gasteiger partial charge is 0.247 e. The van der Waals surface area contributed by atoms with Gasteiger partial charge >= 0.3 is 0 Å². The van der Waals surface area contributed by atoms with Gasteiger partial charge in [-0.05, 0) is 133 Å². The maximum absolute atomic E-state index is 13.1. The van der Waals surface area contributed by atoms with E-state index in [9.17, 15) is 4.79 Å². The van der Waals surface area contributed by atoms with E-state index in [0.29, 0.717) is 6.54 Å². The van der Waals surface area contributed by atoms with Crippen LogP contribution in [0.2, 0.25) is 0 Å². The minimum Gasteiger partial charge on any atom is -0.310 e. The molecule has 5 aromatic carbocycles. The van der Waals surface area contributed by atoms with Crippen LogP contribution in [0.25, 0.3) is 0 Å². The molecule has 0 spiro atoms. The monoisotopic (exact) mass is 804 g/mol. The van der Waals surface area contributed by atoms with Crippen molar-refractivity contribution in [1.82, 2.24) is 0 Å². The van der Waals surface area contributed by atoms with Crippen LogP contribution in [0, 0.1) is 0 Å². The van der Waals surface area contributed by atoms with Crippen LogP contribution in [0.15, 0.2) is 103 Å². The van der Waals surface area contributed by atoms with Crippen molar-refractivity contribution in [3.05, 3.63) is 137 Å². The van der Waals surface area contributed by atoms with E-state index in [1.165, 1.54) is 33.4 Å². The second-order valence-electron chi connectivity index (χ2n) is 23.5. The second kappa shape index (κ2) is 15.3. The molecule has 1 aliphatic rings. The molecular weight excluding hydrogens is 731 g/mol. The molecule has 1 fully saturated rings. The summed E-state index contributed by atoms with van der Waals surface area (Å²) in [5.74, 6) is 0.134. The lowest BCUT2D eigenvalue weighted by Crippen LogP contribution is -2.20. The number of amides is 1. The molecule has 0 saturated carbocycles. The minimum atomic E-state index is -0.0736. The van der Waals surface area contributed by atoms with Gasteiger partial charge in [-0.2, -0.15) is 0 Å². The first-order valence-electron chi connectivity index (χ1n) is 22.0. The number of rotatable bonds is 7. The number of carbonyl (C=O) groups excluding carboxylic acids is 1. The first-order valence-corrected chi connectivity index (χ1v) is 22.0. The Morgan fingerprint density at radius 2 is 0.583 bits per heavy atom. The van der Waals surface area contributed by atoms with Crippen molar-refractivity contribution in [3.8, 4) is 0 Å². The SMILES string of the molecule is CC(C)(C)c1ccc(N(c2cc(N3CC3=O)cc(N(c3ccc(C(C)(C)C)cc3)c3cc(C(C)(C)C)cc(C(C)(C)C)c3)c2)c2cc(C(C)(C)C)cc(C(C)(C)C)c2)cc1. The summed E-state index contributed by atoms with van der Waals surface area (Å²) in [6.07, 6.45) is 0. The van der Waals surface area contributed by atoms with Gasteiger partial charge in [-0.25, -0.2) is 0 Å². The molecule has 0 unspecified atom stereocenters. The van der Waals surface area contributed by atoms with Gasteiger partial charge in [0.25, 0.3) is 0 Å². The predicted octanol–water partition coefficient (Wildman–Crippen LogP) is 15.8. The highest BCUT2D eigenvalue weighted by molar-refractivity contribution is 6.12. The number of hydrogen-bond acceptors (Lipinski definition) is 3. The topological polar surface area (TPSA) is 26.6 Å².